The third kappa shape index (κ3) is 5.08. The summed E-state index contributed by atoms with van der Waals surface area (Å²) in [6.07, 6.45) is 7.93. The molecule has 0 aliphatic carbocycles. The molecule has 4 aromatic rings. The highest BCUT2D eigenvalue weighted by atomic mass is 35.5. The van der Waals surface area contributed by atoms with E-state index in [1.165, 1.54) is 35.4 Å². The molecule has 6 nitrogen and oxygen atoms in total. The van der Waals surface area contributed by atoms with E-state index in [1.807, 2.05) is 30.7 Å². The first-order chi connectivity index (χ1) is 19.4. The first kappa shape index (κ1) is 26.8. The highest BCUT2D eigenvalue weighted by molar-refractivity contribution is 7.80. The third-order valence-electron chi connectivity index (χ3n) is 8.45. The Bertz CT molecular complexity index is 1500. The van der Waals surface area contributed by atoms with Crippen molar-refractivity contribution in [1.29, 1.82) is 0 Å². The van der Waals surface area contributed by atoms with Gasteiger partial charge in [-0.3, -0.25) is 9.97 Å². The lowest BCUT2D eigenvalue weighted by molar-refractivity contribution is 0.438. The van der Waals surface area contributed by atoms with E-state index in [0.717, 1.165) is 47.6 Å². The van der Waals surface area contributed by atoms with Crippen LogP contribution in [0.1, 0.15) is 60.1 Å². The number of pyridine rings is 2. The molecule has 3 aromatic heterocycles. The van der Waals surface area contributed by atoms with Gasteiger partial charge < -0.3 is 19.7 Å². The van der Waals surface area contributed by atoms with Crippen molar-refractivity contribution in [2.24, 2.45) is 5.92 Å². The molecule has 5 heterocycles. The smallest absolute Gasteiger partial charge is 0.174 e. The molecule has 0 saturated carbocycles. The van der Waals surface area contributed by atoms with Crippen LogP contribution in [-0.4, -0.2) is 32.7 Å². The summed E-state index contributed by atoms with van der Waals surface area (Å²) in [5.74, 6) is 0.768. The maximum absolute atomic E-state index is 6.97. The maximum atomic E-state index is 6.97. The van der Waals surface area contributed by atoms with E-state index < -0.39 is 0 Å². The number of halogens is 1. The fraction of sp³-hybridized carbons (Fsp3) is 0.344. The Labute approximate surface area is 247 Å². The average Bonchev–Trinajstić information content (AvgIpc) is 3.45. The van der Waals surface area contributed by atoms with Crippen LogP contribution < -0.4 is 15.1 Å². The van der Waals surface area contributed by atoms with Crippen molar-refractivity contribution in [3.63, 3.8) is 0 Å². The zero-order valence-electron chi connectivity index (χ0n) is 23.2. The van der Waals surface area contributed by atoms with Gasteiger partial charge in [-0.1, -0.05) is 24.6 Å². The number of nitrogens with one attached hydrogen (secondary N) is 1. The predicted octanol–water partition coefficient (Wildman–Crippen LogP) is 7.01. The Balaban J connectivity index is 1.40. The summed E-state index contributed by atoms with van der Waals surface area (Å²) in [6, 6.07) is 18.7. The Morgan fingerprint density at radius 2 is 1.77 bits per heavy atom. The normalized spacial score (nSPS) is 19.8. The molecule has 0 bridgehead atoms. The van der Waals surface area contributed by atoms with Crippen LogP contribution in [0, 0.1) is 19.8 Å². The number of piperidine rings is 1. The minimum atomic E-state index is -0.106. The monoisotopic (exact) mass is 570 g/mol. The van der Waals surface area contributed by atoms with Gasteiger partial charge in [0, 0.05) is 55.3 Å². The molecule has 0 unspecified atom stereocenters. The van der Waals surface area contributed by atoms with Gasteiger partial charge in [0.25, 0.3) is 0 Å². The largest absolute Gasteiger partial charge is 0.370 e. The standard InChI is InChI=1S/C32H35ClN6S/c1-21-11-16-37(17-12-21)29-8-7-25(19-27(29)33)39-31(30(36-32(39)40)28-6-4-5-13-35-28)26-18-22(2)38(23(26)3)20-24-9-14-34-15-10-24/h4-10,13-15,18-19,21,30-31H,11-12,16-17,20H2,1-3H3,(H,36,40)/t30-,31+/m1/s1. The molecule has 2 fully saturated rings. The van der Waals surface area contributed by atoms with Gasteiger partial charge in [-0.15, -0.1) is 0 Å². The minimum absolute atomic E-state index is 0.0856. The van der Waals surface area contributed by atoms with Gasteiger partial charge in [0.05, 0.1) is 28.5 Å². The second-order valence-electron chi connectivity index (χ2n) is 11.1. The van der Waals surface area contributed by atoms with E-state index in [1.54, 1.807) is 0 Å². The van der Waals surface area contributed by atoms with Crippen molar-refractivity contribution in [2.75, 3.05) is 22.9 Å². The van der Waals surface area contributed by atoms with Gasteiger partial charge >= 0.3 is 0 Å². The van der Waals surface area contributed by atoms with E-state index >= 15 is 0 Å². The Morgan fingerprint density at radius 3 is 2.48 bits per heavy atom. The predicted molar refractivity (Wildman–Crippen MR) is 167 cm³/mol. The van der Waals surface area contributed by atoms with Gasteiger partial charge in [0.1, 0.15) is 0 Å². The molecule has 1 N–H and O–H groups in total. The summed E-state index contributed by atoms with van der Waals surface area (Å²) in [7, 11) is 0. The second-order valence-corrected chi connectivity index (χ2v) is 11.9. The molecule has 8 heteroatoms. The van der Waals surface area contributed by atoms with Crippen LogP contribution in [-0.2, 0) is 6.54 Å². The zero-order valence-corrected chi connectivity index (χ0v) is 24.8. The number of benzene rings is 1. The first-order valence-corrected chi connectivity index (χ1v) is 14.8. The van der Waals surface area contributed by atoms with E-state index in [4.69, 9.17) is 28.8 Å². The summed E-state index contributed by atoms with van der Waals surface area (Å²) in [4.78, 5) is 13.5. The molecule has 2 aliphatic rings. The lowest BCUT2D eigenvalue weighted by atomic mass is 9.96. The second kappa shape index (κ2) is 11.2. The van der Waals surface area contributed by atoms with Crippen LogP contribution in [0.25, 0.3) is 0 Å². The summed E-state index contributed by atoms with van der Waals surface area (Å²) >= 11 is 13.0. The SMILES string of the molecule is Cc1cc([C@H]2[C@@H](c3ccccn3)NC(=S)N2c2ccc(N3CCC(C)CC3)c(Cl)c2)c(C)n1Cc1ccncc1. The Kier molecular flexibility index (Phi) is 7.51. The number of anilines is 2. The molecule has 40 heavy (non-hydrogen) atoms. The van der Waals surface area contributed by atoms with Crippen molar-refractivity contribution < 1.29 is 0 Å². The third-order valence-corrected chi connectivity index (χ3v) is 9.07. The summed E-state index contributed by atoms with van der Waals surface area (Å²) in [5.41, 5.74) is 7.90. The Hall–Kier alpha value is -3.42. The van der Waals surface area contributed by atoms with Gasteiger partial charge in [-0.25, -0.2) is 0 Å². The fourth-order valence-electron chi connectivity index (χ4n) is 6.14. The highest BCUT2D eigenvalue weighted by Crippen LogP contribution is 2.45. The van der Waals surface area contributed by atoms with Crippen LogP contribution in [0.5, 0.6) is 0 Å². The molecule has 2 aliphatic heterocycles. The number of hydrogen-bond donors (Lipinski definition) is 1. The Morgan fingerprint density at radius 1 is 1.00 bits per heavy atom. The molecule has 1 aromatic carbocycles. The molecular weight excluding hydrogens is 536 g/mol. The van der Waals surface area contributed by atoms with Crippen LogP contribution in [0.3, 0.4) is 0 Å². The number of hydrogen-bond acceptors (Lipinski definition) is 4. The van der Waals surface area contributed by atoms with Gasteiger partial charge in [0.15, 0.2) is 5.11 Å². The van der Waals surface area contributed by atoms with Crippen molar-refractivity contribution in [1.82, 2.24) is 19.9 Å². The van der Waals surface area contributed by atoms with E-state index in [2.05, 4.69) is 87.9 Å². The lowest BCUT2D eigenvalue weighted by Crippen LogP contribution is -2.33. The van der Waals surface area contributed by atoms with Crippen molar-refractivity contribution in [3.05, 3.63) is 106 Å². The van der Waals surface area contributed by atoms with Crippen molar-refractivity contribution >= 4 is 40.3 Å². The quantitative estimate of drug-likeness (QED) is 0.252. The topological polar surface area (TPSA) is 49.2 Å². The fourth-order valence-corrected chi connectivity index (χ4v) is 6.78. The average molecular weight is 571 g/mol. The van der Waals surface area contributed by atoms with Crippen molar-refractivity contribution in [3.8, 4) is 0 Å². The summed E-state index contributed by atoms with van der Waals surface area (Å²) < 4.78 is 2.37. The van der Waals surface area contributed by atoms with E-state index in [0.29, 0.717) is 5.11 Å². The molecule has 6 rings (SSSR count). The lowest BCUT2D eigenvalue weighted by Gasteiger charge is -2.33. The maximum Gasteiger partial charge on any atom is 0.174 e. The number of rotatable bonds is 6. The summed E-state index contributed by atoms with van der Waals surface area (Å²) in [6.45, 7) is 9.56. The van der Waals surface area contributed by atoms with Gasteiger partial charge in [-0.2, -0.15) is 0 Å². The van der Waals surface area contributed by atoms with Crippen molar-refractivity contribution in [2.45, 2.75) is 52.2 Å². The molecule has 2 saturated heterocycles. The van der Waals surface area contributed by atoms with Gasteiger partial charge in [-0.05, 0) is 104 Å². The zero-order chi connectivity index (χ0) is 27.8. The molecule has 206 valence electrons. The number of thiocarbonyl (C=S) groups is 1. The molecule has 0 spiro atoms. The van der Waals surface area contributed by atoms with E-state index in [9.17, 15) is 0 Å². The summed E-state index contributed by atoms with van der Waals surface area (Å²) in [5, 5.41) is 5.04. The molecule has 0 radical (unpaired) electrons. The minimum Gasteiger partial charge on any atom is -0.370 e. The number of aromatic nitrogens is 3. The van der Waals surface area contributed by atoms with Crippen LogP contribution in [0.4, 0.5) is 11.4 Å². The van der Waals surface area contributed by atoms with Crippen LogP contribution >= 0.6 is 23.8 Å². The van der Waals surface area contributed by atoms with Gasteiger partial charge in [0.2, 0.25) is 0 Å². The number of aryl methyl sites for hydroxylation is 1. The van der Waals surface area contributed by atoms with Crippen LogP contribution in [0.15, 0.2) is 73.2 Å². The molecule has 2 atom stereocenters. The molecular formula is C32H35ClN6S. The van der Waals surface area contributed by atoms with Crippen LogP contribution in [0.2, 0.25) is 5.02 Å². The van der Waals surface area contributed by atoms with E-state index in [-0.39, 0.29) is 12.1 Å². The first-order valence-electron chi connectivity index (χ1n) is 14.0. The molecule has 0 amide bonds. The number of nitrogens with zero attached hydrogens (tertiary/aromatic N) is 5. The highest BCUT2D eigenvalue weighted by Gasteiger charge is 2.42.